The molecule has 0 radical (unpaired) electrons. The normalized spacial score (nSPS) is 11.0. The molecular weight excluding hydrogens is 281 g/mol. The summed E-state index contributed by atoms with van der Waals surface area (Å²) in [4.78, 5) is 3.27. The molecule has 0 bridgehead atoms. The molecule has 0 amide bonds. The molecule has 102 valence electrons. The third-order valence-electron chi connectivity index (χ3n) is 2.54. The molecule has 0 fully saturated rings. The van der Waals surface area contributed by atoms with Gasteiger partial charge in [0.15, 0.2) is 0 Å². The maximum absolute atomic E-state index is 13.0. The predicted octanol–water partition coefficient (Wildman–Crippen LogP) is 1.57. The van der Waals surface area contributed by atoms with Crippen molar-refractivity contribution in [3.05, 3.63) is 59.7 Å². The van der Waals surface area contributed by atoms with Crippen molar-refractivity contribution in [1.29, 1.82) is 5.26 Å². The van der Waals surface area contributed by atoms with Gasteiger partial charge in [-0.2, -0.15) is 5.26 Å². The zero-order valence-corrected chi connectivity index (χ0v) is 11.1. The lowest BCUT2D eigenvalue weighted by molar-refractivity contribution is 0.575. The molecule has 0 saturated heterocycles. The molecule has 0 aliphatic carbocycles. The van der Waals surface area contributed by atoms with Crippen LogP contribution in [-0.2, 0) is 16.6 Å². The summed E-state index contributed by atoms with van der Waals surface area (Å²) in [7, 11) is -3.81. The van der Waals surface area contributed by atoms with Crippen molar-refractivity contribution in [2.24, 2.45) is 0 Å². The van der Waals surface area contributed by atoms with Crippen molar-refractivity contribution >= 4 is 10.0 Å². The minimum Gasteiger partial charge on any atom is -0.260 e. The van der Waals surface area contributed by atoms with Crippen molar-refractivity contribution < 1.29 is 12.8 Å². The number of nitrogens with zero attached hydrogens (tertiary/aromatic N) is 2. The molecule has 20 heavy (non-hydrogen) atoms. The number of nitriles is 1. The Kier molecular flexibility index (Phi) is 4.08. The summed E-state index contributed by atoms with van der Waals surface area (Å²) in [6.45, 7) is 0.0462. The number of hydrogen-bond acceptors (Lipinski definition) is 4. The Labute approximate surface area is 115 Å². The van der Waals surface area contributed by atoms with Crippen LogP contribution in [0.4, 0.5) is 4.39 Å². The third-order valence-corrected chi connectivity index (χ3v) is 3.91. The highest BCUT2D eigenvalue weighted by atomic mass is 32.2. The Morgan fingerprint density at radius 2 is 1.95 bits per heavy atom. The van der Waals surface area contributed by atoms with Gasteiger partial charge in [0, 0.05) is 12.7 Å². The Morgan fingerprint density at radius 3 is 2.55 bits per heavy atom. The summed E-state index contributed by atoms with van der Waals surface area (Å²) in [6, 6.07) is 9.34. The van der Waals surface area contributed by atoms with Crippen LogP contribution in [0.3, 0.4) is 0 Å². The Morgan fingerprint density at radius 1 is 1.25 bits per heavy atom. The summed E-state index contributed by atoms with van der Waals surface area (Å²) in [5.74, 6) is -0.716. The molecule has 1 aromatic carbocycles. The fourth-order valence-electron chi connectivity index (χ4n) is 1.50. The van der Waals surface area contributed by atoms with Crippen molar-refractivity contribution in [2.75, 3.05) is 0 Å². The van der Waals surface area contributed by atoms with E-state index in [1.807, 2.05) is 6.07 Å². The van der Waals surface area contributed by atoms with Crippen LogP contribution in [0.15, 0.2) is 47.6 Å². The van der Waals surface area contributed by atoms with Gasteiger partial charge in [-0.3, -0.25) is 4.98 Å². The minimum atomic E-state index is -3.81. The smallest absolute Gasteiger partial charge is 0.242 e. The average Bonchev–Trinajstić information content (AvgIpc) is 2.46. The van der Waals surface area contributed by atoms with E-state index in [9.17, 15) is 12.8 Å². The molecule has 1 heterocycles. The second-order valence-electron chi connectivity index (χ2n) is 3.97. The summed E-state index contributed by atoms with van der Waals surface area (Å²) in [5.41, 5.74) is 1.18. The van der Waals surface area contributed by atoms with Crippen LogP contribution in [0, 0.1) is 17.1 Å². The molecule has 2 rings (SSSR count). The van der Waals surface area contributed by atoms with Gasteiger partial charge in [0.05, 0.1) is 17.8 Å². The summed E-state index contributed by atoms with van der Waals surface area (Å²) in [6.07, 6.45) is 2.00. The molecule has 5 nitrogen and oxygen atoms in total. The van der Waals surface area contributed by atoms with E-state index < -0.39 is 15.8 Å². The van der Waals surface area contributed by atoms with Gasteiger partial charge in [0.1, 0.15) is 10.7 Å². The lowest BCUT2D eigenvalue weighted by atomic mass is 10.1. The van der Waals surface area contributed by atoms with Crippen molar-refractivity contribution in [2.45, 2.75) is 11.4 Å². The number of pyridine rings is 1. The monoisotopic (exact) mass is 291 g/mol. The zero-order valence-electron chi connectivity index (χ0n) is 10.2. The third kappa shape index (κ3) is 3.38. The van der Waals surface area contributed by atoms with Crippen molar-refractivity contribution in [1.82, 2.24) is 9.71 Å². The fourth-order valence-corrected chi connectivity index (χ4v) is 2.49. The van der Waals surface area contributed by atoms with Gasteiger partial charge in [-0.1, -0.05) is 12.1 Å². The zero-order chi connectivity index (χ0) is 14.6. The Hall–Kier alpha value is -2.30. The first kappa shape index (κ1) is 14.1. The summed E-state index contributed by atoms with van der Waals surface area (Å²) in [5, 5.41) is 8.66. The highest BCUT2D eigenvalue weighted by Crippen LogP contribution is 2.10. The molecule has 0 spiro atoms. The predicted molar refractivity (Wildman–Crippen MR) is 69.4 cm³/mol. The van der Waals surface area contributed by atoms with Gasteiger partial charge in [0.2, 0.25) is 10.0 Å². The number of aromatic nitrogens is 1. The van der Waals surface area contributed by atoms with E-state index in [1.54, 1.807) is 24.3 Å². The highest BCUT2D eigenvalue weighted by molar-refractivity contribution is 7.89. The standard InChI is InChI=1S/C13H10FN3O2S/c14-12-5-13(9-16-8-12)20(18,19)17-7-11-3-1-10(6-15)2-4-11/h1-5,8-9,17H,7H2. The molecule has 0 aliphatic rings. The van der Waals surface area contributed by atoms with Gasteiger partial charge in [-0.25, -0.2) is 17.5 Å². The van der Waals surface area contributed by atoms with Crippen molar-refractivity contribution in [3.8, 4) is 6.07 Å². The van der Waals surface area contributed by atoms with Crippen LogP contribution < -0.4 is 4.72 Å². The average molecular weight is 291 g/mol. The number of hydrogen-bond donors (Lipinski definition) is 1. The molecule has 2 aromatic rings. The number of rotatable bonds is 4. The topological polar surface area (TPSA) is 82.9 Å². The molecule has 0 saturated carbocycles. The van der Waals surface area contributed by atoms with Crippen LogP contribution in [0.25, 0.3) is 0 Å². The minimum absolute atomic E-state index is 0.0462. The van der Waals surface area contributed by atoms with E-state index in [1.165, 1.54) is 0 Å². The van der Waals surface area contributed by atoms with Crippen LogP contribution in [-0.4, -0.2) is 13.4 Å². The van der Waals surface area contributed by atoms with E-state index in [-0.39, 0.29) is 11.4 Å². The van der Waals surface area contributed by atoms with E-state index in [0.29, 0.717) is 11.1 Å². The van der Waals surface area contributed by atoms with Gasteiger partial charge in [0.25, 0.3) is 0 Å². The molecule has 0 unspecified atom stereocenters. The number of halogens is 1. The number of nitrogens with one attached hydrogen (secondary N) is 1. The molecular formula is C13H10FN3O2S. The van der Waals surface area contributed by atoms with Gasteiger partial charge in [-0.05, 0) is 23.8 Å². The van der Waals surface area contributed by atoms with Gasteiger partial charge >= 0.3 is 0 Å². The van der Waals surface area contributed by atoms with E-state index in [0.717, 1.165) is 18.5 Å². The molecule has 0 aliphatic heterocycles. The number of benzene rings is 1. The largest absolute Gasteiger partial charge is 0.260 e. The highest BCUT2D eigenvalue weighted by Gasteiger charge is 2.14. The maximum atomic E-state index is 13.0. The summed E-state index contributed by atoms with van der Waals surface area (Å²) < 4.78 is 39.1. The second kappa shape index (κ2) is 5.77. The van der Waals surface area contributed by atoms with E-state index >= 15 is 0 Å². The van der Waals surface area contributed by atoms with Crippen LogP contribution in [0.2, 0.25) is 0 Å². The van der Waals surface area contributed by atoms with Gasteiger partial charge in [-0.15, -0.1) is 0 Å². The van der Waals surface area contributed by atoms with Gasteiger partial charge < -0.3 is 0 Å². The lowest BCUT2D eigenvalue weighted by Crippen LogP contribution is -2.23. The first-order chi connectivity index (χ1) is 9.51. The van der Waals surface area contributed by atoms with Crippen LogP contribution in [0.1, 0.15) is 11.1 Å². The molecule has 1 N–H and O–H groups in total. The maximum Gasteiger partial charge on any atom is 0.242 e. The molecule has 1 aromatic heterocycles. The quantitative estimate of drug-likeness (QED) is 0.927. The first-order valence-electron chi connectivity index (χ1n) is 5.60. The van der Waals surface area contributed by atoms with E-state index in [4.69, 9.17) is 5.26 Å². The lowest BCUT2D eigenvalue weighted by Gasteiger charge is -2.06. The van der Waals surface area contributed by atoms with Crippen LogP contribution in [0.5, 0.6) is 0 Å². The Bertz CT molecular complexity index is 752. The second-order valence-corrected chi connectivity index (χ2v) is 5.74. The van der Waals surface area contributed by atoms with Crippen molar-refractivity contribution in [3.63, 3.8) is 0 Å². The summed E-state index contributed by atoms with van der Waals surface area (Å²) >= 11 is 0. The number of sulfonamides is 1. The SMILES string of the molecule is N#Cc1ccc(CNS(=O)(=O)c2cncc(F)c2)cc1. The first-order valence-corrected chi connectivity index (χ1v) is 7.09. The van der Waals surface area contributed by atoms with Crippen LogP contribution >= 0.6 is 0 Å². The molecule has 7 heteroatoms. The van der Waals surface area contributed by atoms with E-state index in [2.05, 4.69) is 9.71 Å². The Balaban J connectivity index is 2.11. The molecule has 0 atom stereocenters. The fraction of sp³-hybridized carbons (Fsp3) is 0.0769.